The molecule has 132 valence electrons. The van der Waals surface area contributed by atoms with Gasteiger partial charge in [0.1, 0.15) is 4.83 Å². The zero-order chi connectivity index (χ0) is 18.1. The van der Waals surface area contributed by atoms with E-state index >= 15 is 0 Å². The molecule has 0 radical (unpaired) electrons. The summed E-state index contributed by atoms with van der Waals surface area (Å²) in [7, 11) is 0. The summed E-state index contributed by atoms with van der Waals surface area (Å²) >= 11 is 1.66. The molecule has 0 atom stereocenters. The van der Waals surface area contributed by atoms with Crippen LogP contribution in [0.4, 0.5) is 11.6 Å². The molecule has 4 rings (SSSR count). The maximum absolute atomic E-state index is 13.2. The number of nitrogens with one attached hydrogen (secondary N) is 1. The zero-order valence-electron chi connectivity index (χ0n) is 14.7. The van der Waals surface area contributed by atoms with Crippen LogP contribution in [0.15, 0.2) is 29.1 Å². The largest absolute Gasteiger partial charge is 0.325 e. The smallest absolute Gasteiger partial charge is 0.263 e. The van der Waals surface area contributed by atoms with Crippen LogP contribution in [-0.4, -0.2) is 9.55 Å². The number of fused-ring (bicyclic) bond motifs is 3. The van der Waals surface area contributed by atoms with Crippen LogP contribution < -0.4 is 10.9 Å². The highest BCUT2D eigenvalue weighted by molar-refractivity contribution is 7.18. The Morgan fingerprint density at radius 3 is 2.77 bits per heavy atom. The van der Waals surface area contributed by atoms with Crippen molar-refractivity contribution in [3.63, 3.8) is 0 Å². The van der Waals surface area contributed by atoms with Gasteiger partial charge in [-0.05, 0) is 61.9 Å². The highest BCUT2D eigenvalue weighted by Gasteiger charge is 2.21. The number of hydrogen-bond acceptors (Lipinski definition) is 5. The molecule has 0 bridgehead atoms. The van der Waals surface area contributed by atoms with Crippen molar-refractivity contribution in [3.8, 4) is 6.07 Å². The second-order valence-electron chi connectivity index (χ2n) is 6.60. The second kappa shape index (κ2) is 6.93. The average Bonchev–Trinajstić information content (AvgIpc) is 3.04. The van der Waals surface area contributed by atoms with Gasteiger partial charge in [0.25, 0.3) is 5.56 Å². The number of aryl methyl sites for hydroxylation is 2. The van der Waals surface area contributed by atoms with Crippen molar-refractivity contribution in [2.75, 3.05) is 5.32 Å². The molecule has 2 heterocycles. The topological polar surface area (TPSA) is 70.7 Å². The van der Waals surface area contributed by atoms with Crippen LogP contribution in [0.3, 0.4) is 0 Å². The lowest BCUT2D eigenvalue weighted by Crippen LogP contribution is -2.24. The molecule has 0 saturated carbocycles. The van der Waals surface area contributed by atoms with E-state index in [0.717, 1.165) is 41.6 Å². The Kier molecular flexibility index (Phi) is 4.48. The quantitative estimate of drug-likeness (QED) is 0.746. The Morgan fingerprint density at radius 2 is 2.04 bits per heavy atom. The van der Waals surface area contributed by atoms with E-state index in [-0.39, 0.29) is 5.56 Å². The number of hydrogen-bond donors (Lipinski definition) is 1. The van der Waals surface area contributed by atoms with Crippen LogP contribution in [-0.2, 0) is 19.4 Å². The molecule has 6 heteroatoms. The molecule has 1 aliphatic carbocycles. The maximum Gasteiger partial charge on any atom is 0.263 e. The summed E-state index contributed by atoms with van der Waals surface area (Å²) in [6.45, 7) is 2.69. The van der Waals surface area contributed by atoms with Crippen LogP contribution in [0, 0.1) is 11.3 Å². The molecular formula is C20H20N4OS. The normalized spacial score (nSPS) is 13.4. The minimum atomic E-state index is 0.0624. The van der Waals surface area contributed by atoms with Crippen LogP contribution >= 0.6 is 11.3 Å². The summed E-state index contributed by atoms with van der Waals surface area (Å²) < 4.78 is 1.75. The van der Waals surface area contributed by atoms with Gasteiger partial charge in [0.05, 0.1) is 17.0 Å². The fourth-order valence-corrected chi connectivity index (χ4v) is 4.77. The Balaban J connectivity index is 1.83. The monoisotopic (exact) mass is 364 g/mol. The van der Waals surface area contributed by atoms with Crippen LogP contribution in [0.5, 0.6) is 0 Å². The van der Waals surface area contributed by atoms with E-state index in [9.17, 15) is 4.79 Å². The van der Waals surface area contributed by atoms with Crippen LogP contribution in [0.1, 0.15) is 42.2 Å². The molecule has 0 spiro atoms. The van der Waals surface area contributed by atoms with Gasteiger partial charge in [0.2, 0.25) is 5.95 Å². The fraction of sp³-hybridized carbons (Fsp3) is 0.350. The highest BCUT2D eigenvalue weighted by Crippen LogP contribution is 2.34. The van der Waals surface area contributed by atoms with E-state index in [2.05, 4.69) is 18.3 Å². The summed E-state index contributed by atoms with van der Waals surface area (Å²) in [6.07, 6.45) is 5.25. The van der Waals surface area contributed by atoms with E-state index in [1.165, 1.54) is 16.9 Å². The molecule has 1 aromatic carbocycles. The predicted molar refractivity (Wildman–Crippen MR) is 105 cm³/mol. The predicted octanol–water partition coefficient (Wildman–Crippen LogP) is 4.36. The lowest BCUT2D eigenvalue weighted by molar-refractivity contribution is 0.655. The molecular weight excluding hydrogens is 344 g/mol. The minimum Gasteiger partial charge on any atom is -0.325 e. The number of thiophene rings is 1. The summed E-state index contributed by atoms with van der Waals surface area (Å²) in [6, 6.07) is 9.30. The number of nitrogens with zero attached hydrogens (tertiary/aromatic N) is 3. The number of anilines is 2. The van der Waals surface area contributed by atoms with Gasteiger partial charge >= 0.3 is 0 Å². The second-order valence-corrected chi connectivity index (χ2v) is 7.68. The molecule has 2 aromatic heterocycles. The lowest BCUT2D eigenvalue weighted by Gasteiger charge is -2.14. The lowest BCUT2D eigenvalue weighted by atomic mass is 9.97. The van der Waals surface area contributed by atoms with Gasteiger partial charge in [-0.15, -0.1) is 11.3 Å². The van der Waals surface area contributed by atoms with Gasteiger partial charge in [-0.3, -0.25) is 9.36 Å². The minimum absolute atomic E-state index is 0.0624. The van der Waals surface area contributed by atoms with Crippen molar-refractivity contribution in [3.05, 3.63) is 50.6 Å². The van der Waals surface area contributed by atoms with E-state index < -0.39 is 0 Å². The van der Waals surface area contributed by atoms with Crippen molar-refractivity contribution in [1.29, 1.82) is 5.26 Å². The van der Waals surface area contributed by atoms with Crippen LogP contribution in [0.2, 0.25) is 0 Å². The van der Waals surface area contributed by atoms with E-state index in [1.807, 2.05) is 12.1 Å². The van der Waals surface area contributed by atoms with Crippen molar-refractivity contribution in [2.24, 2.45) is 0 Å². The molecule has 26 heavy (non-hydrogen) atoms. The van der Waals surface area contributed by atoms with E-state index in [1.54, 1.807) is 28.0 Å². The first-order valence-electron chi connectivity index (χ1n) is 9.03. The maximum atomic E-state index is 13.2. The van der Waals surface area contributed by atoms with Gasteiger partial charge < -0.3 is 5.32 Å². The molecule has 0 aliphatic heterocycles. The Morgan fingerprint density at radius 1 is 1.27 bits per heavy atom. The summed E-state index contributed by atoms with van der Waals surface area (Å²) in [5, 5.41) is 13.0. The summed E-state index contributed by atoms with van der Waals surface area (Å²) in [4.78, 5) is 20.2. The van der Waals surface area contributed by atoms with Crippen molar-refractivity contribution < 1.29 is 0 Å². The first-order valence-corrected chi connectivity index (χ1v) is 9.85. The van der Waals surface area contributed by atoms with Gasteiger partial charge in [-0.1, -0.05) is 6.92 Å². The van der Waals surface area contributed by atoms with Gasteiger partial charge in [-0.25, -0.2) is 4.98 Å². The number of rotatable bonds is 4. The molecule has 3 aromatic rings. The average molecular weight is 364 g/mol. The molecule has 0 unspecified atom stereocenters. The third-order valence-corrected chi connectivity index (χ3v) is 5.98. The molecule has 1 aliphatic rings. The van der Waals surface area contributed by atoms with Gasteiger partial charge in [0, 0.05) is 17.1 Å². The molecule has 0 amide bonds. The van der Waals surface area contributed by atoms with Crippen molar-refractivity contribution in [1.82, 2.24) is 9.55 Å². The molecule has 0 fully saturated rings. The molecule has 5 nitrogen and oxygen atoms in total. The van der Waals surface area contributed by atoms with E-state index in [0.29, 0.717) is 18.1 Å². The number of aromatic nitrogens is 2. The Bertz CT molecular complexity index is 1060. The number of benzene rings is 1. The van der Waals surface area contributed by atoms with Crippen molar-refractivity contribution >= 4 is 33.2 Å². The SMILES string of the molecule is CCCn1c(Nc2ccc(C#N)cc2)nc2sc3c(c2c1=O)CCCC3. The van der Waals surface area contributed by atoms with Crippen molar-refractivity contribution in [2.45, 2.75) is 45.6 Å². The summed E-state index contributed by atoms with van der Waals surface area (Å²) in [5.41, 5.74) is 2.72. The Labute approximate surface area is 155 Å². The first kappa shape index (κ1) is 16.8. The zero-order valence-corrected chi connectivity index (χ0v) is 15.5. The highest BCUT2D eigenvalue weighted by atomic mass is 32.1. The van der Waals surface area contributed by atoms with Crippen LogP contribution in [0.25, 0.3) is 10.2 Å². The first-order chi connectivity index (χ1) is 12.7. The third-order valence-electron chi connectivity index (χ3n) is 4.79. The Hall–Kier alpha value is -2.65. The summed E-state index contributed by atoms with van der Waals surface area (Å²) in [5.74, 6) is 0.577. The van der Waals surface area contributed by atoms with Gasteiger partial charge in [0.15, 0.2) is 0 Å². The third kappa shape index (κ3) is 2.89. The van der Waals surface area contributed by atoms with E-state index in [4.69, 9.17) is 10.2 Å². The van der Waals surface area contributed by atoms with Gasteiger partial charge in [-0.2, -0.15) is 5.26 Å². The standard InChI is InChI=1S/C20H20N4OS/c1-2-11-24-19(25)17-15-5-3-4-6-16(15)26-18(17)23-20(24)22-14-9-7-13(12-21)8-10-14/h7-10H,2-6,11H2,1H3,(H,22,23). The number of nitriles is 1. The molecule has 1 N–H and O–H groups in total. The fourth-order valence-electron chi connectivity index (χ4n) is 3.52. The molecule has 0 saturated heterocycles.